The molecule has 1 aromatic carbocycles. The number of hydrogen-bond acceptors (Lipinski definition) is 5. The van der Waals surface area contributed by atoms with Crippen molar-refractivity contribution < 1.29 is 9.84 Å². The van der Waals surface area contributed by atoms with Crippen LogP contribution in [0.3, 0.4) is 0 Å². The van der Waals surface area contributed by atoms with Crippen LogP contribution in [0.25, 0.3) is 0 Å². The minimum Gasteiger partial charge on any atom is -0.497 e. The van der Waals surface area contributed by atoms with Gasteiger partial charge in [0.25, 0.3) is 0 Å². The highest BCUT2D eigenvalue weighted by Crippen LogP contribution is 2.29. The van der Waals surface area contributed by atoms with Gasteiger partial charge in [-0.25, -0.2) is 9.67 Å². The second-order valence-electron chi connectivity index (χ2n) is 6.53. The Morgan fingerprint density at radius 3 is 2.88 bits per heavy atom. The maximum atomic E-state index is 10.7. The lowest BCUT2D eigenvalue weighted by Gasteiger charge is -2.31. The van der Waals surface area contributed by atoms with Crippen LogP contribution in [0.4, 0.5) is 0 Å². The highest BCUT2D eigenvalue weighted by atomic mass is 16.5. The molecular formula is C18H26N4O2. The fourth-order valence-corrected chi connectivity index (χ4v) is 3.29. The van der Waals surface area contributed by atoms with E-state index in [1.807, 2.05) is 22.9 Å². The molecule has 1 aliphatic heterocycles. The Bertz CT molecular complexity index is 650. The number of aromatic nitrogens is 3. The molecule has 0 radical (unpaired) electrons. The average Bonchev–Trinajstić information content (AvgIpc) is 3.09. The smallest absolute Gasteiger partial charge is 0.156 e. The van der Waals surface area contributed by atoms with Crippen molar-refractivity contribution in [3.8, 4) is 5.75 Å². The molecule has 1 atom stereocenters. The number of nitrogens with zero attached hydrogens (tertiary/aromatic N) is 4. The number of piperidine rings is 1. The monoisotopic (exact) mass is 330 g/mol. The lowest BCUT2D eigenvalue weighted by molar-refractivity contribution is 0.0558. The van der Waals surface area contributed by atoms with Gasteiger partial charge in [-0.15, -0.1) is 0 Å². The Kier molecular flexibility index (Phi) is 5.48. The van der Waals surface area contributed by atoms with E-state index < -0.39 is 6.10 Å². The molecule has 0 spiro atoms. The summed E-state index contributed by atoms with van der Waals surface area (Å²) in [7, 11) is 3.80. The summed E-state index contributed by atoms with van der Waals surface area (Å²) in [5.74, 6) is 1.81. The van der Waals surface area contributed by atoms with Crippen LogP contribution in [-0.4, -0.2) is 52.0 Å². The first-order chi connectivity index (χ1) is 11.7. The van der Waals surface area contributed by atoms with Crippen LogP contribution in [0.5, 0.6) is 5.75 Å². The summed E-state index contributed by atoms with van der Waals surface area (Å²) >= 11 is 0. The molecule has 6 heteroatoms. The lowest BCUT2D eigenvalue weighted by Crippen LogP contribution is -2.33. The average molecular weight is 330 g/mol. The van der Waals surface area contributed by atoms with Crippen molar-refractivity contribution >= 4 is 0 Å². The third kappa shape index (κ3) is 3.94. The molecule has 1 saturated heterocycles. The van der Waals surface area contributed by atoms with E-state index >= 15 is 0 Å². The molecule has 1 aliphatic rings. The summed E-state index contributed by atoms with van der Waals surface area (Å²) in [4.78, 5) is 6.62. The van der Waals surface area contributed by atoms with Gasteiger partial charge < -0.3 is 14.7 Å². The zero-order valence-corrected chi connectivity index (χ0v) is 14.4. The van der Waals surface area contributed by atoms with Gasteiger partial charge in [-0.2, -0.15) is 5.10 Å². The first kappa shape index (κ1) is 16.9. The summed E-state index contributed by atoms with van der Waals surface area (Å²) in [6.07, 6.45) is 3.83. The SMILES string of the molecule is COc1cccc(CCn2ncnc2C(O)C2CCN(C)CC2)c1. The first-order valence-corrected chi connectivity index (χ1v) is 8.54. The fourth-order valence-electron chi connectivity index (χ4n) is 3.29. The van der Waals surface area contributed by atoms with Gasteiger partial charge in [-0.1, -0.05) is 12.1 Å². The molecule has 2 aromatic rings. The van der Waals surface area contributed by atoms with E-state index in [1.165, 1.54) is 5.56 Å². The third-order valence-electron chi connectivity index (χ3n) is 4.87. The highest BCUT2D eigenvalue weighted by molar-refractivity contribution is 5.28. The van der Waals surface area contributed by atoms with Gasteiger partial charge in [0.05, 0.1) is 7.11 Å². The Morgan fingerprint density at radius 2 is 2.12 bits per heavy atom. The highest BCUT2D eigenvalue weighted by Gasteiger charge is 2.28. The standard InChI is InChI=1S/C18H26N4O2/c1-21-9-7-15(8-10-21)17(23)18-19-13-20-22(18)11-6-14-4-3-5-16(12-14)24-2/h3-5,12-13,15,17,23H,6-11H2,1-2H3. The van der Waals surface area contributed by atoms with Crippen molar-refractivity contribution in [3.63, 3.8) is 0 Å². The van der Waals surface area contributed by atoms with Gasteiger partial charge in [0.2, 0.25) is 0 Å². The van der Waals surface area contributed by atoms with Crippen LogP contribution in [0.15, 0.2) is 30.6 Å². The number of rotatable bonds is 6. The van der Waals surface area contributed by atoms with Gasteiger partial charge in [-0.05, 0) is 63.0 Å². The molecule has 24 heavy (non-hydrogen) atoms. The molecule has 0 aliphatic carbocycles. The predicted molar refractivity (Wildman–Crippen MR) is 91.9 cm³/mol. The minimum atomic E-state index is -0.536. The van der Waals surface area contributed by atoms with Crippen molar-refractivity contribution in [2.75, 3.05) is 27.2 Å². The Balaban J connectivity index is 1.64. The van der Waals surface area contributed by atoms with Crippen molar-refractivity contribution in [1.29, 1.82) is 0 Å². The molecule has 1 N–H and O–H groups in total. The number of ether oxygens (including phenoxy) is 1. The summed E-state index contributed by atoms with van der Waals surface area (Å²) in [5.41, 5.74) is 1.18. The fraction of sp³-hybridized carbons (Fsp3) is 0.556. The molecule has 2 heterocycles. The Labute approximate surface area is 143 Å². The number of hydrogen-bond donors (Lipinski definition) is 1. The molecule has 6 nitrogen and oxygen atoms in total. The lowest BCUT2D eigenvalue weighted by atomic mass is 9.91. The first-order valence-electron chi connectivity index (χ1n) is 8.54. The second kappa shape index (κ2) is 7.77. The van der Waals surface area contributed by atoms with Gasteiger partial charge in [0.15, 0.2) is 5.82 Å². The van der Waals surface area contributed by atoms with Crippen LogP contribution in [0.1, 0.15) is 30.3 Å². The molecular weight excluding hydrogens is 304 g/mol. The number of aryl methyl sites for hydroxylation is 2. The zero-order chi connectivity index (χ0) is 16.9. The van der Waals surface area contributed by atoms with E-state index in [2.05, 4.69) is 28.1 Å². The van der Waals surface area contributed by atoms with Gasteiger partial charge in [0, 0.05) is 6.54 Å². The number of aliphatic hydroxyl groups is 1. The minimum absolute atomic E-state index is 0.265. The normalized spacial score (nSPS) is 17.8. The van der Waals surface area contributed by atoms with Crippen LogP contribution in [0, 0.1) is 5.92 Å². The van der Waals surface area contributed by atoms with Crippen molar-refractivity contribution in [2.24, 2.45) is 5.92 Å². The number of aliphatic hydroxyl groups excluding tert-OH is 1. The van der Waals surface area contributed by atoms with Crippen molar-refractivity contribution in [3.05, 3.63) is 42.0 Å². The van der Waals surface area contributed by atoms with E-state index in [0.717, 1.165) is 38.1 Å². The van der Waals surface area contributed by atoms with Crippen LogP contribution in [0.2, 0.25) is 0 Å². The Hall–Kier alpha value is -1.92. The number of likely N-dealkylation sites (tertiary alicyclic amines) is 1. The van der Waals surface area contributed by atoms with Gasteiger partial charge in [0.1, 0.15) is 18.2 Å². The van der Waals surface area contributed by atoms with E-state index in [1.54, 1.807) is 13.4 Å². The third-order valence-corrected chi connectivity index (χ3v) is 4.87. The quantitative estimate of drug-likeness (QED) is 0.876. The van der Waals surface area contributed by atoms with Crippen molar-refractivity contribution in [2.45, 2.75) is 31.9 Å². The molecule has 3 rings (SSSR count). The molecule has 0 amide bonds. The van der Waals surface area contributed by atoms with Gasteiger partial charge in [-0.3, -0.25) is 0 Å². The van der Waals surface area contributed by atoms with Crippen LogP contribution < -0.4 is 4.74 Å². The van der Waals surface area contributed by atoms with Gasteiger partial charge >= 0.3 is 0 Å². The van der Waals surface area contributed by atoms with E-state index in [0.29, 0.717) is 12.4 Å². The molecule has 0 bridgehead atoms. The summed E-state index contributed by atoms with van der Waals surface area (Å²) < 4.78 is 7.10. The van der Waals surface area contributed by atoms with E-state index in [4.69, 9.17) is 4.74 Å². The van der Waals surface area contributed by atoms with Crippen LogP contribution in [-0.2, 0) is 13.0 Å². The molecule has 1 unspecified atom stereocenters. The molecule has 130 valence electrons. The molecule has 1 fully saturated rings. The van der Waals surface area contributed by atoms with E-state index in [9.17, 15) is 5.11 Å². The maximum absolute atomic E-state index is 10.7. The number of benzene rings is 1. The summed E-state index contributed by atoms with van der Waals surface area (Å²) in [5, 5.41) is 15.0. The zero-order valence-electron chi connectivity index (χ0n) is 14.4. The van der Waals surface area contributed by atoms with E-state index in [-0.39, 0.29) is 5.92 Å². The second-order valence-corrected chi connectivity index (χ2v) is 6.53. The maximum Gasteiger partial charge on any atom is 0.156 e. The predicted octanol–water partition coefficient (Wildman–Crippen LogP) is 1.90. The van der Waals surface area contributed by atoms with Crippen molar-refractivity contribution in [1.82, 2.24) is 19.7 Å². The van der Waals surface area contributed by atoms with Crippen LogP contribution >= 0.6 is 0 Å². The molecule has 0 saturated carbocycles. The topological polar surface area (TPSA) is 63.4 Å². The number of methoxy groups -OCH3 is 1. The largest absolute Gasteiger partial charge is 0.497 e. The summed E-state index contributed by atoms with van der Waals surface area (Å²) in [6, 6.07) is 8.04. The molecule has 1 aromatic heterocycles. The summed E-state index contributed by atoms with van der Waals surface area (Å²) in [6.45, 7) is 2.76. The Morgan fingerprint density at radius 1 is 1.33 bits per heavy atom.